The van der Waals surface area contributed by atoms with Crippen molar-refractivity contribution >= 4 is 76.6 Å². The molecule has 26 heteroatoms. The number of alkyl halides is 4. The van der Waals surface area contributed by atoms with Crippen molar-refractivity contribution in [2.24, 2.45) is 29.6 Å². The Kier molecular flexibility index (Phi) is 27.0. The predicted molar refractivity (Wildman–Crippen MR) is 329 cm³/mol. The fourth-order valence-corrected chi connectivity index (χ4v) is 14.4. The molecule has 22 nitrogen and oxygen atoms in total. The lowest BCUT2D eigenvalue weighted by Crippen LogP contribution is -2.64. The van der Waals surface area contributed by atoms with Gasteiger partial charge in [-0.05, 0) is 109 Å². The van der Waals surface area contributed by atoms with Crippen LogP contribution in [0.15, 0.2) is 0 Å². The first-order valence-corrected chi connectivity index (χ1v) is 32.9. The second-order valence-electron chi connectivity index (χ2n) is 26.7. The molecule has 0 aromatic heterocycles. The van der Waals surface area contributed by atoms with Crippen LogP contribution >= 0.6 is 11.6 Å². The zero-order valence-electron chi connectivity index (χ0n) is 55.1. The predicted octanol–water partition coefficient (Wildman–Crippen LogP) is 4.93. The quantitative estimate of drug-likeness (QED) is 0.261. The minimum Gasteiger partial charge on any atom is -0.343 e. The van der Waals surface area contributed by atoms with Crippen molar-refractivity contribution in [1.29, 1.82) is 0 Å². The van der Waals surface area contributed by atoms with Crippen molar-refractivity contribution in [3.63, 3.8) is 0 Å². The number of nitrogens with one attached hydrogen (secondary N) is 3. The van der Waals surface area contributed by atoms with Gasteiger partial charge in [0.1, 0.15) is 41.8 Å². The van der Waals surface area contributed by atoms with Gasteiger partial charge < -0.3 is 55.1 Å². The highest BCUT2D eigenvalue weighted by Gasteiger charge is 2.51. The third-order valence-electron chi connectivity index (χ3n) is 20.0. The second kappa shape index (κ2) is 32.5. The van der Waals surface area contributed by atoms with Crippen LogP contribution in [0.25, 0.3) is 0 Å². The number of hydrogen-bond acceptors (Lipinski definition) is 11. The van der Waals surface area contributed by atoms with Crippen LogP contribution in [0, 0.1) is 29.6 Å². The Balaban J connectivity index is 1.52. The van der Waals surface area contributed by atoms with Gasteiger partial charge in [0.15, 0.2) is 0 Å². The maximum atomic E-state index is 15.1. The monoisotopic (exact) mass is 1280 g/mol. The Labute approximate surface area is 530 Å². The fourth-order valence-electron chi connectivity index (χ4n) is 13.9. The normalized spacial score (nSPS) is 30.1. The third-order valence-corrected chi connectivity index (χ3v) is 20.5. The van der Waals surface area contributed by atoms with Gasteiger partial charge in [0.25, 0.3) is 0 Å². The largest absolute Gasteiger partial charge is 0.393 e. The van der Waals surface area contributed by atoms with Gasteiger partial charge in [-0.3, -0.25) is 52.7 Å². The molecule has 5 fully saturated rings. The van der Waals surface area contributed by atoms with Gasteiger partial charge in [0, 0.05) is 73.2 Å². The lowest BCUT2D eigenvalue weighted by Gasteiger charge is -2.41. The molecule has 3 saturated carbocycles. The van der Waals surface area contributed by atoms with E-state index in [1.54, 1.807) is 34.6 Å². The molecule has 5 aliphatic rings. The van der Waals surface area contributed by atoms with E-state index < -0.39 is 162 Å². The Morgan fingerprint density at radius 3 is 1.83 bits per heavy atom. The molecule has 3 aliphatic carbocycles. The molecular formula is C63H103ClF3N11O11. The van der Waals surface area contributed by atoms with Gasteiger partial charge in [0.05, 0.1) is 25.6 Å². The molecule has 2 aliphatic heterocycles. The van der Waals surface area contributed by atoms with Crippen molar-refractivity contribution in [3.8, 4) is 0 Å². The van der Waals surface area contributed by atoms with E-state index in [0.29, 0.717) is 25.7 Å². The molecule has 504 valence electrons. The molecule has 0 radical (unpaired) electrons. The maximum Gasteiger partial charge on any atom is 0.393 e. The highest BCUT2D eigenvalue weighted by atomic mass is 35.5. The summed E-state index contributed by atoms with van der Waals surface area (Å²) in [5.74, 6) is -9.37. The number of fused-ring (bicyclic) bond motifs is 1. The van der Waals surface area contributed by atoms with E-state index in [2.05, 4.69) is 16.0 Å². The summed E-state index contributed by atoms with van der Waals surface area (Å²) in [5.41, 5.74) is -1.47. The summed E-state index contributed by atoms with van der Waals surface area (Å²) in [4.78, 5) is 169. The van der Waals surface area contributed by atoms with Gasteiger partial charge in [-0.15, -0.1) is 11.6 Å². The summed E-state index contributed by atoms with van der Waals surface area (Å²) in [6.45, 7) is 10.7. The van der Waals surface area contributed by atoms with Gasteiger partial charge in [0.2, 0.25) is 65.0 Å². The van der Waals surface area contributed by atoms with Crippen LogP contribution in [0.3, 0.4) is 0 Å². The summed E-state index contributed by atoms with van der Waals surface area (Å²) in [6, 6.07) is -7.51. The molecule has 11 amide bonds. The van der Waals surface area contributed by atoms with E-state index in [0.717, 1.165) is 46.8 Å². The molecule has 2 heterocycles. The van der Waals surface area contributed by atoms with Gasteiger partial charge in [-0.25, -0.2) is 0 Å². The van der Waals surface area contributed by atoms with Crippen LogP contribution in [-0.2, 0) is 52.7 Å². The summed E-state index contributed by atoms with van der Waals surface area (Å²) in [5, 5.41) is 7.48. The average molecular weight is 1280 g/mol. The van der Waals surface area contributed by atoms with Crippen molar-refractivity contribution in [1.82, 2.24) is 55.1 Å². The lowest BCUT2D eigenvalue weighted by atomic mass is 9.78. The van der Waals surface area contributed by atoms with Gasteiger partial charge >= 0.3 is 6.18 Å². The van der Waals surface area contributed by atoms with Crippen LogP contribution in [0.4, 0.5) is 13.2 Å². The Hall–Kier alpha value is -5.75. The molecule has 2 saturated heterocycles. The van der Waals surface area contributed by atoms with Crippen LogP contribution in [0.1, 0.15) is 170 Å². The molecule has 11 atom stereocenters. The maximum absolute atomic E-state index is 15.1. The van der Waals surface area contributed by atoms with E-state index in [-0.39, 0.29) is 89.1 Å². The number of carbonyl (C=O) groups is 11. The zero-order chi connectivity index (χ0) is 66.6. The number of rotatable bonds is 9. The van der Waals surface area contributed by atoms with Gasteiger partial charge in [-0.1, -0.05) is 79.1 Å². The average Bonchev–Trinajstić information content (AvgIpc) is 2.25. The van der Waals surface area contributed by atoms with Crippen molar-refractivity contribution in [2.45, 2.75) is 230 Å². The molecular weight excluding hydrogens is 1180 g/mol. The molecule has 3 unspecified atom stereocenters. The molecule has 0 aromatic rings. The molecule has 3 N–H and O–H groups in total. The SMILES string of the molecule is CC[C@H](C)[C@@H]1NC(=O)[C@H](C)N(CC)C(=O)C[C@@H](C)N(C)C(=O)[C@H](C(C)C)N(C)C(=O)C2(CCCC2)NC(=O)[C@@H]2CCCN2C(=O)[C@H](CCC2CCC(C(F)(F)F)C(Cl)C2)NC(=O)CN(C)C(=O)[C@H](CC2CCCCC2)N(C)C(=O)CN(C)C(=O)CN(C)C1=O. The third kappa shape index (κ3) is 18.7. The van der Waals surface area contributed by atoms with Crippen molar-refractivity contribution < 1.29 is 65.9 Å². The fraction of sp³-hybridized carbons (Fsp3) is 0.825. The van der Waals surface area contributed by atoms with Crippen LogP contribution in [0.2, 0.25) is 0 Å². The first-order chi connectivity index (χ1) is 41.7. The number of amides is 11. The minimum absolute atomic E-state index is 0.0153. The first kappa shape index (κ1) is 74.0. The molecule has 0 bridgehead atoms. The highest BCUT2D eigenvalue weighted by molar-refractivity contribution is 6.20. The number of carbonyl (C=O) groups excluding carboxylic acids is 11. The van der Waals surface area contributed by atoms with E-state index in [9.17, 15) is 56.3 Å². The highest BCUT2D eigenvalue weighted by Crippen LogP contribution is 2.44. The van der Waals surface area contributed by atoms with Gasteiger partial charge in [-0.2, -0.15) is 13.2 Å². The van der Waals surface area contributed by atoms with E-state index >= 15 is 9.59 Å². The summed E-state index contributed by atoms with van der Waals surface area (Å²) in [7, 11) is 8.67. The molecule has 1 spiro atoms. The van der Waals surface area contributed by atoms with E-state index in [1.807, 2.05) is 6.92 Å². The lowest BCUT2D eigenvalue weighted by molar-refractivity contribution is -0.182. The van der Waals surface area contributed by atoms with Crippen LogP contribution < -0.4 is 16.0 Å². The van der Waals surface area contributed by atoms with Crippen LogP contribution in [0.5, 0.6) is 0 Å². The molecule has 5 rings (SSSR count). The minimum atomic E-state index is -4.49. The standard InChI is InChI=1S/C63H103ClF3N11O11/c1-14-39(5)53-59(87)73(10)36-51(81)71(8)37-52(82)75(12)48(34-42-22-17-16-18-23-42)58(86)72(9)35-49(79)68-46(28-26-43-25-27-44(45(64)33-43)63(65,66)67)57(85)78-31-21-24-47(78)56(84)70-62(29-19-20-30-62)61(89)76(13)54(38(3)4)60(88)74(11)40(6)32-50(80)77(15-2)41(7)55(83)69-53/h38-48,53-54H,14-37H2,1-13H3,(H,68,79)(H,69,83)(H,70,84)/t39-,40+,41-,43?,44?,45?,46-,47-,48-,53-,54-/m0/s1. The first-order valence-electron chi connectivity index (χ1n) is 32.5. The smallest absolute Gasteiger partial charge is 0.343 e. The van der Waals surface area contributed by atoms with Crippen molar-refractivity contribution in [2.75, 3.05) is 75.0 Å². The number of halogens is 4. The number of nitrogens with zero attached hydrogens (tertiary/aromatic N) is 8. The summed E-state index contributed by atoms with van der Waals surface area (Å²) >= 11 is 6.36. The number of likely N-dealkylation sites (N-methyl/N-ethyl adjacent to an activating group) is 7. The summed E-state index contributed by atoms with van der Waals surface area (Å²) < 4.78 is 41.7. The molecule has 0 aromatic carbocycles. The topological polar surface area (TPSA) is 250 Å². The number of hydrogen-bond donors (Lipinski definition) is 3. The van der Waals surface area contributed by atoms with E-state index in [1.165, 1.54) is 73.7 Å². The Bertz CT molecular complexity index is 2530. The summed E-state index contributed by atoms with van der Waals surface area (Å²) in [6.07, 6.45) is 2.74. The van der Waals surface area contributed by atoms with Crippen molar-refractivity contribution in [3.05, 3.63) is 0 Å². The second-order valence-corrected chi connectivity index (χ2v) is 27.3. The molecule has 89 heavy (non-hydrogen) atoms. The van der Waals surface area contributed by atoms with E-state index in [4.69, 9.17) is 11.6 Å². The Morgan fingerprint density at radius 1 is 0.629 bits per heavy atom. The van der Waals surface area contributed by atoms with Crippen LogP contribution in [-0.4, -0.2) is 239 Å². The zero-order valence-corrected chi connectivity index (χ0v) is 55.8. The Morgan fingerprint density at radius 2 is 1.25 bits per heavy atom.